The summed E-state index contributed by atoms with van der Waals surface area (Å²) in [7, 11) is 0. The number of nitrogens with zero attached hydrogens (tertiary/aromatic N) is 1. The normalized spacial score (nSPS) is 11.8. The van der Waals surface area contributed by atoms with E-state index in [2.05, 4.69) is 6.07 Å². The predicted octanol–water partition coefficient (Wildman–Crippen LogP) is 4.13. The van der Waals surface area contributed by atoms with Crippen molar-refractivity contribution >= 4 is 11.6 Å². The Morgan fingerprint density at radius 1 is 0.941 bits per heavy atom. The van der Waals surface area contributed by atoms with Crippen molar-refractivity contribution in [2.75, 3.05) is 0 Å². The third-order valence-electron chi connectivity index (χ3n) is 2.54. The molecule has 0 amide bonds. The van der Waals surface area contributed by atoms with E-state index in [9.17, 15) is 9.65 Å². The minimum Gasteiger partial charge on any atom is -0.207 e. The van der Waals surface area contributed by atoms with Crippen LogP contribution in [0, 0.1) is 17.1 Å². The molecule has 0 saturated heterocycles. The van der Waals surface area contributed by atoms with Crippen molar-refractivity contribution in [3.63, 3.8) is 0 Å². The third kappa shape index (κ3) is 2.64. The van der Waals surface area contributed by atoms with Gasteiger partial charge in [0.1, 0.15) is 5.82 Å². The number of benzene rings is 2. The Balaban J connectivity index is 2.37. The summed E-state index contributed by atoms with van der Waals surface area (Å²) in [6.45, 7) is 0. The quantitative estimate of drug-likeness (QED) is 0.780. The molecule has 2 aromatic rings. The molecule has 0 saturated carbocycles. The molecule has 0 aromatic heterocycles. The summed E-state index contributed by atoms with van der Waals surface area (Å²) < 4.78 is 12.8. The molecule has 1 atom stereocenters. The van der Waals surface area contributed by atoms with E-state index in [4.69, 9.17) is 11.6 Å². The molecular formula is C14H9ClFN. The molecule has 0 bridgehead atoms. The number of hydrogen-bond acceptors (Lipinski definition) is 1. The van der Waals surface area contributed by atoms with Crippen molar-refractivity contribution in [1.29, 1.82) is 5.26 Å². The Bertz CT molecular complexity index is 494. The molecule has 17 heavy (non-hydrogen) atoms. The number of halogens is 2. The van der Waals surface area contributed by atoms with Gasteiger partial charge in [-0.2, -0.15) is 5.26 Å². The Kier molecular flexibility index (Phi) is 3.41. The first-order chi connectivity index (χ1) is 8.20. The summed E-state index contributed by atoms with van der Waals surface area (Å²) in [5.41, 5.74) is 1.62. The molecule has 0 spiro atoms. The second-order valence-corrected chi connectivity index (χ2v) is 4.10. The average molecular weight is 246 g/mol. The molecule has 0 radical (unpaired) electrons. The standard InChI is InChI=1S/C14H9ClFN/c15-12-5-1-10(2-6-12)14(9-17)11-3-7-13(16)8-4-11/h1-8,14H/t14-/m0/s1. The van der Waals surface area contributed by atoms with Gasteiger partial charge in [0.05, 0.1) is 12.0 Å². The van der Waals surface area contributed by atoms with Crippen molar-refractivity contribution in [2.24, 2.45) is 0 Å². The van der Waals surface area contributed by atoms with E-state index >= 15 is 0 Å². The summed E-state index contributed by atoms with van der Waals surface area (Å²) in [5.74, 6) is -0.700. The number of nitriles is 1. The van der Waals surface area contributed by atoms with E-state index in [1.54, 1.807) is 36.4 Å². The molecule has 0 aliphatic carbocycles. The van der Waals surface area contributed by atoms with Crippen molar-refractivity contribution in [3.05, 3.63) is 70.5 Å². The van der Waals surface area contributed by atoms with Crippen molar-refractivity contribution in [1.82, 2.24) is 0 Å². The van der Waals surface area contributed by atoms with Crippen LogP contribution in [-0.2, 0) is 0 Å². The van der Waals surface area contributed by atoms with Crippen LogP contribution in [0.25, 0.3) is 0 Å². The fourth-order valence-corrected chi connectivity index (χ4v) is 1.78. The van der Waals surface area contributed by atoms with Gasteiger partial charge in [0.15, 0.2) is 0 Å². The smallest absolute Gasteiger partial charge is 0.123 e. The highest BCUT2D eigenvalue weighted by atomic mass is 35.5. The molecular weight excluding hydrogens is 237 g/mol. The van der Waals surface area contributed by atoms with E-state index in [1.807, 2.05) is 0 Å². The monoisotopic (exact) mass is 245 g/mol. The van der Waals surface area contributed by atoms with Gasteiger partial charge in [0.2, 0.25) is 0 Å². The molecule has 2 rings (SSSR count). The lowest BCUT2D eigenvalue weighted by atomic mass is 9.93. The second-order valence-electron chi connectivity index (χ2n) is 3.67. The van der Waals surface area contributed by atoms with Crippen molar-refractivity contribution < 1.29 is 4.39 Å². The minimum atomic E-state index is -0.395. The zero-order chi connectivity index (χ0) is 12.3. The van der Waals surface area contributed by atoms with Gasteiger partial charge in [-0.25, -0.2) is 4.39 Å². The lowest BCUT2D eigenvalue weighted by Gasteiger charge is -2.09. The highest BCUT2D eigenvalue weighted by Crippen LogP contribution is 2.25. The third-order valence-corrected chi connectivity index (χ3v) is 2.79. The fraction of sp³-hybridized carbons (Fsp3) is 0.0714. The highest BCUT2D eigenvalue weighted by Gasteiger charge is 2.12. The van der Waals surface area contributed by atoms with Crippen LogP contribution in [0.4, 0.5) is 4.39 Å². The van der Waals surface area contributed by atoms with E-state index < -0.39 is 5.92 Å². The lowest BCUT2D eigenvalue weighted by molar-refractivity contribution is 0.627. The minimum absolute atomic E-state index is 0.304. The maximum Gasteiger partial charge on any atom is 0.123 e. The first kappa shape index (κ1) is 11.6. The molecule has 0 heterocycles. The summed E-state index contributed by atoms with van der Waals surface area (Å²) in [4.78, 5) is 0. The second kappa shape index (κ2) is 4.99. The van der Waals surface area contributed by atoms with E-state index in [-0.39, 0.29) is 5.82 Å². The van der Waals surface area contributed by atoms with Gasteiger partial charge in [-0.1, -0.05) is 35.9 Å². The van der Waals surface area contributed by atoms with Crippen molar-refractivity contribution in [3.8, 4) is 6.07 Å². The zero-order valence-corrected chi connectivity index (χ0v) is 9.66. The molecule has 0 aliphatic rings. The SMILES string of the molecule is N#C[C@H](c1ccc(F)cc1)c1ccc(Cl)cc1. The molecule has 84 valence electrons. The maximum atomic E-state index is 12.8. The van der Waals surface area contributed by atoms with Gasteiger partial charge in [0.25, 0.3) is 0 Å². The topological polar surface area (TPSA) is 23.8 Å². The van der Waals surface area contributed by atoms with E-state index in [0.29, 0.717) is 5.02 Å². The van der Waals surface area contributed by atoms with Gasteiger partial charge < -0.3 is 0 Å². The van der Waals surface area contributed by atoms with Crippen LogP contribution in [0.1, 0.15) is 17.0 Å². The van der Waals surface area contributed by atoms with E-state index in [0.717, 1.165) is 11.1 Å². The largest absolute Gasteiger partial charge is 0.207 e. The highest BCUT2D eigenvalue weighted by molar-refractivity contribution is 6.30. The zero-order valence-electron chi connectivity index (χ0n) is 8.90. The van der Waals surface area contributed by atoms with Gasteiger partial charge in [-0.15, -0.1) is 0 Å². The average Bonchev–Trinajstić information content (AvgIpc) is 2.35. The van der Waals surface area contributed by atoms with Crippen LogP contribution in [0.2, 0.25) is 5.02 Å². The first-order valence-corrected chi connectivity index (χ1v) is 5.49. The summed E-state index contributed by atoms with van der Waals surface area (Å²) >= 11 is 5.79. The van der Waals surface area contributed by atoms with Gasteiger partial charge in [-0.3, -0.25) is 0 Å². The summed E-state index contributed by atoms with van der Waals surface area (Å²) in [6.07, 6.45) is 0. The molecule has 1 nitrogen and oxygen atoms in total. The van der Waals surface area contributed by atoms with Gasteiger partial charge in [-0.05, 0) is 35.4 Å². The van der Waals surface area contributed by atoms with Crippen molar-refractivity contribution in [2.45, 2.75) is 5.92 Å². The van der Waals surface area contributed by atoms with E-state index in [1.165, 1.54) is 12.1 Å². The van der Waals surface area contributed by atoms with Crippen LogP contribution in [-0.4, -0.2) is 0 Å². The number of rotatable bonds is 2. The molecule has 0 N–H and O–H groups in total. The molecule has 3 heteroatoms. The number of hydrogen-bond donors (Lipinski definition) is 0. The van der Waals surface area contributed by atoms with Gasteiger partial charge >= 0.3 is 0 Å². The van der Waals surface area contributed by atoms with Gasteiger partial charge in [0, 0.05) is 5.02 Å². The molecule has 2 aromatic carbocycles. The molecule has 0 unspecified atom stereocenters. The Hall–Kier alpha value is -1.85. The van der Waals surface area contributed by atoms with Crippen LogP contribution in [0.5, 0.6) is 0 Å². The lowest BCUT2D eigenvalue weighted by Crippen LogP contribution is -1.97. The summed E-state index contributed by atoms with van der Waals surface area (Å²) in [5, 5.41) is 9.82. The predicted molar refractivity (Wildman–Crippen MR) is 65.3 cm³/mol. The van der Waals surface area contributed by atoms with Crippen LogP contribution >= 0.6 is 11.6 Å². The Labute approximate surface area is 104 Å². The Morgan fingerprint density at radius 2 is 1.41 bits per heavy atom. The fourth-order valence-electron chi connectivity index (χ4n) is 1.65. The van der Waals surface area contributed by atoms with Crippen LogP contribution in [0.3, 0.4) is 0 Å². The maximum absolute atomic E-state index is 12.8. The molecule has 0 aliphatic heterocycles. The van der Waals surface area contributed by atoms with Crippen LogP contribution < -0.4 is 0 Å². The summed E-state index contributed by atoms with van der Waals surface area (Å²) in [6, 6.07) is 15.3. The van der Waals surface area contributed by atoms with Crippen LogP contribution in [0.15, 0.2) is 48.5 Å². The molecule has 0 fully saturated rings. The Morgan fingerprint density at radius 3 is 1.88 bits per heavy atom. The first-order valence-electron chi connectivity index (χ1n) is 5.11.